The molecule has 2 aliphatic heterocycles. The first-order valence-corrected chi connectivity index (χ1v) is 13.7. The number of pyridine rings is 2. The van der Waals surface area contributed by atoms with Gasteiger partial charge in [-0.05, 0) is 75.4 Å². The number of rotatable bonds is 5. The number of benzene rings is 1. The number of aryl methyl sites for hydroxylation is 1. The van der Waals surface area contributed by atoms with Crippen LogP contribution in [0.4, 0.5) is 0 Å². The molecule has 3 aliphatic rings. The average Bonchev–Trinajstić information content (AvgIpc) is 3.67. The van der Waals surface area contributed by atoms with Gasteiger partial charge in [-0.3, -0.25) is 14.8 Å². The largest absolute Gasteiger partial charge is 0.381 e. The topological polar surface area (TPSA) is 81.9 Å². The molecule has 0 radical (unpaired) electrons. The van der Waals surface area contributed by atoms with Crippen LogP contribution in [-0.4, -0.2) is 44.7 Å². The summed E-state index contributed by atoms with van der Waals surface area (Å²) in [6, 6.07) is 18.8. The fourth-order valence-corrected chi connectivity index (χ4v) is 6.30. The van der Waals surface area contributed by atoms with E-state index in [0.29, 0.717) is 30.7 Å². The Morgan fingerprint density at radius 2 is 1.79 bits per heavy atom. The molecule has 1 aromatic carbocycles. The summed E-state index contributed by atoms with van der Waals surface area (Å²) >= 11 is 0. The first kappa shape index (κ1) is 23.3. The fraction of sp³-hybridized carbons (Fsp3) is 0.355. The standard InChI is InChI=1S/C31H31N5O2/c1-19-3-2-4-26(33-19)28-29(36-25-10-9-23(17-25)30(36)35-28)22-11-14-32-27(18-22)20-5-7-21(8-6-20)31(37)34-24-12-15-38-16-13-24/h2-8,11,14,18,23-25H,9-10,12-13,15-17H2,1H3,(H,34,37)/t23-,25+/m1/s1. The van der Waals surface area contributed by atoms with E-state index in [4.69, 9.17) is 14.7 Å². The molecule has 7 rings (SSSR count). The van der Waals surface area contributed by atoms with E-state index in [2.05, 4.69) is 39.1 Å². The minimum absolute atomic E-state index is 0.0367. The van der Waals surface area contributed by atoms with Crippen LogP contribution >= 0.6 is 0 Å². The van der Waals surface area contributed by atoms with Crippen molar-refractivity contribution < 1.29 is 9.53 Å². The highest BCUT2D eigenvalue weighted by molar-refractivity contribution is 5.95. The molecule has 1 saturated heterocycles. The highest BCUT2D eigenvalue weighted by Gasteiger charge is 2.41. The van der Waals surface area contributed by atoms with Crippen molar-refractivity contribution in [2.24, 2.45) is 0 Å². The molecule has 7 nitrogen and oxygen atoms in total. The quantitative estimate of drug-likeness (QED) is 0.376. The molecule has 2 bridgehead atoms. The molecule has 1 saturated carbocycles. The highest BCUT2D eigenvalue weighted by Crippen LogP contribution is 2.52. The summed E-state index contributed by atoms with van der Waals surface area (Å²) in [7, 11) is 0. The monoisotopic (exact) mass is 505 g/mol. The van der Waals surface area contributed by atoms with Gasteiger partial charge in [0.25, 0.3) is 5.91 Å². The highest BCUT2D eigenvalue weighted by atomic mass is 16.5. The molecule has 38 heavy (non-hydrogen) atoms. The SMILES string of the molecule is Cc1cccc(-c2nc3n(c2-c2ccnc(-c4ccc(C(=O)NC5CCOCC5)cc4)c2)[C@H]2CC[C@@H]3C2)n1. The van der Waals surface area contributed by atoms with Crippen LogP contribution in [-0.2, 0) is 4.74 Å². The van der Waals surface area contributed by atoms with Crippen molar-refractivity contribution >= 4 is 5.91 Å². The minimum atomic E-state index is -0.0367. The molecule has 5 heterocycles. The smallest absolute Gasteiger partial charge is 0.251 e. The Bertz CT molecular complexity index is 1500. The van der Waals surface area contributed by atoms with Crippen LogP contribution in [0.25, 0.3) is 33.9 Å². The van der Waals surface area contributed by atoms with Gasteiger partial charge >= 0.3 is 0 Å². The van der Waals surface area contributed by atoms with Crippen molar-refractivity contribution in [3.05, 3.63) is 77.9 Å². The van der Waals surface area contributed by atoms with Gasteiger partial charge in [0.05, 0.1) is 17.1 Å². The zero-order chi connectivity index (χ0) is 25.6. The molecule has 1 aliphatic carbocycles. The Balaban J connectivity index is 1.22. The van der Waals surface area contributed by atoms with E-state index in [1.54, 1.807) is 0 Å². The third-order valence-electron chi connectivity index (χ3n) is 8.24. The van der Waals surface area contributed by atoms with Crippen LogP contribution in [0.5, 0.6) is 0 Å². The minimum Gasteiger partial charge on any atom is -0.381 e. The van der Waals surface area contributed by atoms with Crippen LogP contribution in [0, 0.1) is 6.92 Å². The summed E-state index contributed by atoms with van der Waals surface area (Å²) in [4.78, 5) is 27.4. The number of carbonyl (C=O) groups excluding carboxylic acids is 1. The number of fused-ring (bicyclic) bond motifs is 5. The molecule has 3 aromatic heterocycles. The van der Waals surface area contributed by atoms with Gasteiger partial charge in [-0.25, -0.2) is 4.98 Å². The molecule has 1 N–H and O–H groups in total. The lowest BCUT2D eigenvalue weighted by Gasteiger charge is -2.23. The van der Waals surface area contributed by atoms with E-state index in [0.717, 1.165) is 52.4 Å². The third kappa shape index (κ3) is 4.11. The third-order valence-corrected chi connectivity index (χ3v) is 8.24. The number of ether oxygens (including phenoxy) is 1. The molecule has 2 fully saturated rings. The van der Waals surface area contributed by atoms with Crippen LogP contribution in [0.2, 0.25) is 0 Å². The maximum Gasteiger partial charge on any atom is 0.251 e. The number of hydrogen-bond acceptors (Lipinski definition) is 5. The van der Waals surface area contributed by atoms with E-state index >= 15 is 0 Å². The van der Waals surface area contributed by atoms with Gasteiger partial charge < -0.3 is 14.6 Å². The summed E-state index contributed by atoms with van der Waals surface area (Å²) in [6.07, 6.45) is 7.21. The average molecular weight is 506 g/mol. The van der Waals surface area contributed by atoms with Crippen LogP contribution < -0.4 is 5.32 Å². The zero-order valence-electron chi connectivity index (χ0n) is 21.6. The van der Waals surface area contributed by atoms with Gasteiger partial charge in [-0.15, -0.1) is 0 Å². The van der Waals surface area contributed by atoms with Crippen LogP contribution in [0.15, 0.2) is 60.8 Å². The summed E-state index contributed by atoms with van der Waals surface area (Å²) < 4.78 is 7.87. The van der Waals surface area contributed by atoms with Crippen molar-refractivity contribution in [3.63, 3.8) is 0 Å². The Hall–Kier alpha value is -3.84. The lowest BCUT2D eigenvalue weighted by atomic mass is 10.0. The number of aromatic nitrogens is 4. The molecule has 2 atom stereocenters. The maximum absolute atomic E-state index is 12.8. The summed E-state index contributed by atoms with van der Waals surface area (Å²) in [5.41, 5.74) is 7.61. The summed E-state index contributed by atoms with van der Waals surface area (Å²) in [5, 5.41) is 3.13. The fourth-order valence-electron chi connectivity index (χ4n) is 6.30. The van der Waals surface area contributed by atoms with Crippen molar-refractivity contribution in [2.75, 3.05) is 13.2 Å². The van der Waals surface area contributed by atoms with Crippen LogP contribution in [0.3, 0.4) is 0 Å². The first-order valence-electron chi connectivity index (χ1n) is 13.7. The first-order chi connectivity index (χ1) is 18.6. The predicted octanol–water partition coefficient (Wildman–Crippen LogP) is 5.71. The number of nitrogens with zero attached hydrogens (tertiary/aromatic N) is 4. The molecule has 0 spiro atoms. The second kappa shape index (κ2) is 9.48. The van der Waals surface area contributed by atoms with Crippen molar-refractivity contribution in [2.45, 2.75) is 57.0 Å². The summed E-state index contributed by atoms with van der Waals surface area (Å²) in [6.45, 7) is 3.43. The van der Waals surface area contributed by atoms with Gasteiger partial charge in [0.2, 0.25) is 0 Å². The van der Waals surface area contributed by atoms with Gasteiger partial charge in [0, 0.05) is 59.8 Å². The van der Waals surface area contributed by atoms with Crippen molar-refractivity contribution in [3.8, 4) is 33.9 Å². The molecule has 4 aromatic rings. The number of amides is 1. The molecule has 1 amide bonds. The van der Waals surface area contributed by atoms with E-state index in [-0.39, 0.29) is 11.9 Å². The maximum atomic E-state index is 12.8. The number of imidazole rings is 1. The van der Waals surface area contributed by atoms with E-state index in [9.17, 15) is 4.79 Å². The lowest BCUT2D eigenvalue weighted by Crippen LogP contribution is -2.38. The Morgan fingerprint density at radius 1 is 0.947 bits per heavy atom. The molecular weight excluding hydrogens is 474 g/mol. The molecule has 192 valence electrons. The number of carbonyl (C=O) groups is 1. The van der Waals surface area contributed by atoms with Crippen LogP contribution in [0.1, 0.15) is 65.9 Å². The second-order valence-corrected chi connectivity index (χ2v) is 10.7. The van der Waals surface area contributed by atoms with Gasteiger partial charge in [0.1, 0.15) is 11.5 Å². The van der Waals surface area contributed by atoms with E-state index < -0.39 is 0 Å². The van der Waals surface area contributed by atoms with Gasteiger partial charge in [-0.2, -0.15) is 0 Å². The lowest BCUT2D eigenvalue weighted by molar-refractivity contribution is 0.0696. The Kier molecular flexibility index (Phi) is 5.81. The number of nitrogens with one attached hydrogen (secondary N) is 1. The van der Waals surface area contributed by atoms with E-state index in [1.807, 2.05) is 43.5 Å². The van der Waals surface area contributed by atoms with Crippen molar-refractivity contribution in [1.29, 1.82) is 0 Å². The second-order valence-electron chi connectivity index (χ2n) is 10.7. The van der Waals surface area contributed by atoms with Gasteiger partial charge in [0.15, 0.2) is 0 Å². The zero-order valence-corrected chi connectivity index (χ0v) is 21.6. The molecule has 0 unspecified atom stereocenters. The summed E-state index contributed by atoms with van der Waals surface area (Å²) in [5.74, 6) is 1.71. The Morgan fingerprint density at radius 3 is 2.61 bits per heavy atom. The van der Waals surface area contributed by atoms with Gasteiger partial charge in [-0.1, -0.05) is 18.2 Å². The molecule has 7 heteroatoms. The normalized spacial score (nSPS) is 20.4. The molecular formula is C31H31N5O2. The predicted molar refractivity (Wildman–Crippen MR) is 146 cm³/mol. The Labute approximate surface area is 222 Å². The van der Waals surface area contributed by atoms with E-state index in [1.165, 1.54) is 25.1 Å². The number of hydrogen-bond donors (Lipinski definition) is 1. The van der Waals surface area contributed by atoms with Crippen molar-refractivity contribution in [1.82, 2.24) is 24.8 Å².